The summed E-state index contributed by atoms with van der Waals surface area (Å²) in [5.41, 5.74) is 2.42. The van der Waals surface area contributed by atoms with E-state index in [-0.39, 0.29) is 18.7 Å². The monoisotopic (exact) mass is 380 g/mol. The summed E-state index contributed by atoms with van der Waals surface area (Å²) in [6.45, 7) is 5.69. The fourth-order valence-corrected chi connectivity index (χ4v) is 3.08. The van der Waals surface area contributed by atoms with Gasteiger partial charge in [0.2, 0.25) is 0 Å². The van der Waals surface area contributed by atoms with Crippen LogP contribution in [-0.4, -0.2) is 18.1 Å². The van der Waals surface area contributed by atoms with E-state index in [1.165, 1.54) is 0 Å². The highest BCUT2D eigenvalue weighted by molar-refractivity contribution is 5.95. The topological polar surface area (TPSA) is 76.7 Å². The second-order valence-corrected chi connectivity index (χ2v) is 6.84. The number of nitrogens with one attached hydrogen (secondary N) is 2. The number of hydrogen-bond donors (Lipinski definition) is 2. The van der Waals surface area contributed by atoms with E-state index in [1.54, 1.807) is 6.92 Å². The molecule has 2 aromatic rings. The molecule has 0 fully saturated rings. The van der Waals surface area contributed by atoms with Crippen molar-refractivity contribution in [1.29, 1.82) is 0 Å². The third-order valence-electron chi connectivity index (χ3n) is 4.29. The molecule has 6 heteroatoms. The maximum Gasteiger partial charge on any atom is 0.338 e. The van der Waals surface area contributed by atoms with Gasteiger partial charge in [-0.15, -0.1) is 0 Å². The zero-order chi connectivity index (χ0) is 20.1. The number of benzene rings is 2. The quantitative estimate of drug-likeness (QED) is 0.747. The second kappa shape index (κ2) is 8.61. The van der Waals surface area contributed by atoms with Gasteiger partial charge < -0.3 is 20.1 Å². The Bertz CT molecular complexity index is 890. The van der Waals surface area contributed by atoms with Gasteiger partial charge in [0.15, 0.2) is 0 Å². The van der Waals surface area contributed by atoms with E-state index in [4.69, 9.17) is 9.47 Å². The van der Waals surface area contributed by atoms with Crippen LogP contribution in [0.3, 0.4) is 0 Å². The fraction of sp³-hybridized carbons (Fsp3) is 0.273. The first kappa shape index (κ1) is 19.5. The number of ether oxygens (including phenoxy) is 2. The molecular formula is C22H24N2O4. The van der Waals surface area contributed by atoms with E-state index in [9.17, 15) is 9.59 Å². The summed E-state index contributed by atoms with van der Waals surface area (Å²) in [5.74, 6) is 0.129. The lowest BCUT2D eigenvalue weighted by Crippen LogP contribution is -2.45. The van der Waals surface area contributed by atoms with E-state index < -0.39 is 12.0 Å². The van der Waals surface area contributed by atoms with Gasteiger partial charge in [-0.25, -0.2) is 9.59 Å². The Balaban J connectivity index is 1.90. The van der Waals surface area contributed by atoms with E-state index in [1.807, 2.05) is 68.4 Å². The van der Waals surface area contributed by atoms with Gasteiger partial charge in [0.25, 0.3) is 0 Å². The first-order chi connectivity index (χ1) is 13.5. The highest BCUT2D eigenvalue weighted by Crippen LogP contribution is 2.34. The van der Waals surface area contributed by atoms with Crippen LogP contribution in [-0.2, 0) is 16.1 Å². The molecule has 146 valence electrons. The van der Waals surface area contributed by atoms with Gasteiger partial charge >= 0.3 is 12.0 Å². The summed E-state index contributed by atoms with van der Waals surface area (Å²) in [7, 11) is 0. The van der Waals surface area contributed by atoms with E-state index >= 15 is 0 Å². The van der Waals surface area contributed by atoms with Crippen LogP contribution in [0, 0.1) is 0 Å². The Morgan fingerprint density at radius 1 is 1.07 bits per heavy atom. The molecule has 2 amide bonds. The highest BCUT2D eigenvalue weighted by Gasteiger charge is 2.34. The van der Waals surface area contributed by atoms with Gasteiger partial charge in [0, 0.05) is 11.3 Å². The van der Waals surface area contributed by atoms with Crippen molar-refractivity contribution >= 4 is 12.0 Å². The molecular weight excluding hydrogens is 356 g/mol. The standard InChI is InChI=1S/C22H24N2O4/c1-14(2)28-18-12-8-7-11-17(18)20-19(15(3)23-22(26)24-20)21(25)27-13-16-9-5-4-6-10-16/h4-12,14,20H,13H2,1-3H3,(H2,23,24,26)/t20-/m1/s1. The summed E-state index contributed by atoms with van der Waals surface area (Å²) >= 11 is 0. The number of allylic oxidation sites excluding steroid dienone is 1. The average Bonchev–Trinajstić information content (AvgIpc) is 2.66. The van der Waals surface area contributed by atoms with E-state index in [0.717, 1.165) is 5.56 Å². The number of carbonyl (C=O) groups excluding carboxylic acids is 2. The largest absolute Gasteiger partial charge is 0.491 e. The van der Waals surface area contributed by atoms with Crippen molar-refractivity contribution in [3.8, 4) is 5.75 Å². The van der Waals surface area contributed by atoms with E-state index in [0.29, 0.717) is 22.6 Å². The molecule has 0 bridgehead atoms. The lowest BCUT2D eigenvalue weighted by molar-refractivity contribution is -0.140. The van der Waals surface area contributed by atoms with Crippen LogP contribution in [0.15, 0.2) is 65.9 Å². The van der Waals surface area contributed by atoms with Crippen LogP contribution in [0.1, 0.15) is 37.9 Å². The van der Waals surface area contributed by atoms with Crippen molar-refractivity contribution in [3.63, 3.8) is 0 Å². The maximum atomic E-state index is 12.9. The maximum absolute atomic E-state index is 12.9. The molecule has 0 saturated heterocycles. The Labute approximate surface area is 164 Å². The molecule has 2 N–H and O–H groups in total. The normalized spacial score (nSPS) is 16.4. The molecule has 0 aliphatic carbocycles. The number of urea groups is 1. The summed E-state index contributed by atoms with van der Waals surface area (Å²) < 4.78 is 11.4. The zero-order valence-corrected chi connectivity index (χ0v) is 16.2. The first-order valence-corrected chi connectivity index (χ1v) is 9.20. The van der Waals surface area contributed by atoms with Crippen molar-refractivity contribution in [1.82, 2.24) is 10.6 Å². The molecule has 0 aromatic heterocycles. The Kier molecular flexibility index (Phi) is 5.99. The van der Waals surface area contributed by atoms with E-state index in [2.05, 4.69) is 10.6 Å². The van der Waals surface area contributed by atoms with Gasteiger partial charge in [-0.05, 0) is 32.4 Å². The molecule has 1 atom stereocenters. The number of rotatable bonds is 6. The molecule has 0 unspecified atom stereocenters. The van der Waals surface area contributed by atoms with Crippen molar-refractivity contribution in [2.24, 2.45) is 0 Å². The van der Waals surface area contributed by atoms with Gasteiger partial charge in [-0.3, -0.25) is 0 Å². The van der Waals surface area contributed by atoms with Crippen LogP contribution in [0.25, 0.3) is 0 Å². The second-order valence-electron chi connectivity index (χ2n) is 6.84. The first-order valence-electron chi connectivity index (χ1n) is 9.20. The minimum absolute atomic E-state index is 0.0443. The molecule has 28 heavy (non-hydrogen) atoms. The van der Waals surface area contributed by atoms with Gasteiger partial charge in [0.1, 0.15) is 12.4 Å². The SMILES string of the molecule is CC1=C(C(=O)OCc2ccccc2)[C@@H](c2ccccc2OC(C)C)NC(=O)N1. The number of carbonyl (C=O) groups is 2. The molecule has 1 heterocycles. The molecule has 0 spiro atoms. The highest BCUT2D eigenvalue weighted by atomic mass is 16.5. The van der Waals surface area contributed by atoms with Crippen LogP contribution in [0.5, 0.6) is 5.75 Å². The van der Waals surface area contributed by atoms with Crippen LogP contribution < -0.4 is 15.4 Å². The number of amides is 2. The Morgan fingerprint density at radius 3 is 2.46 bits per heavy atom. The number of para-hydroxylation sites is 1. The lowest BCUT2D eigenvalue weighted by Gasteiger charge is -2.29. The lowest BCUT2D eigenvalue weighted by atomic mass is 9.95. The Morgan fingerprint density at radius 2 is 1.75 bits per heavy atom. The third-order valence-corrected chi connectivity index (χ3v) is 4.29. The fourth-order valence-electron chi connectivity index (χ4n) is 3.08. The third kappa shape index (κ3) is 4.52. The molecule has 1 aliphatic heterocycles. The zero-order valence-electron chi connectivity index (χ0n) is 16.2. The molecule has 6 nitrogen and oxygen atoms in total. The molecule has 2 aromatic carbocycles. The van der Waals surface area contributed by atoms with Gasteiger partial charge in [0.05, 0.1) is 17.7 Å². The van der Waals surface area contributed by atoms with Crippen LogP contribution >= 0.6 is 0 Å². The predicted molar refractivity (Wildman–Crippen MR) is 106 cm³/mol. The van der Waals surface area contributed by atoms with Crippen LogP contribution in [0.4, 0.5) is 4.79 Å². The smallest absolute Gasteiger partial charge is 0.338 e. The average molecular weight is 380 g/mol. The van der Waals surface area contributed by atoms with Crippen molar-refractivity contribution in [2.75, 3.05) is 0 Å². The molecule has 1 aliphatic rings. The number of esters is 1. The minimum atomic E-state index is -0.660. The van der Waals surface area contributed by atoms with Crippen molar-refractivity contribution in [3.05, 3.63) is 77.0 Å². The van der Waals surface area contributed by atoms with Gasteiger partial charge in [-0.1, -0.05) is 48.5 Å². The molecule has 3 rings (SSSR count). The van der Waals surface area contributed by atoms with Crippen molar-refractivity contribution < 1.29 is 19.1 Å². The van der Waals surface area contributed by atoms with Gasteiger partial charge in [-0.2, -0.15) is 0 Å². The predicted octanol–water partition coefficient (Wildman–Crippen LogP) is 3.85. The number of hydrogen-bond acceptors (Lipinski definition) is 4. The summed E-state index contributed by atoms with van der Waals surface area (Å²) in [6.07, 6.45) is -0.0443. The Hall–Kier alpha value is -3.28. The van der Waals surface area contributed by atoms with Crippen molar-refractivity contribution in [2.45, 2.75) is 39.5 Å². The summed E-state index contributed by atoms with van der Waals surface area (Å²) in [6, 6.07) is 15.8. The summed E-state index contributed by atoms with van der Waals surface area (Å²) in [5, 5.41) is 5.47. The minimum Gasteiger partial charge on any atom is -0.491 e. The molecule has 0 saturated carbocycles. The van der Waals surface area contributed by atoms with Crippen LogP contribution in [0.2, 0.25) is 0 Å². The molecule has 0 radical (unpaired) electrons. The summed E-state index contributed by atoms with van der Waals surface area (Å²) in [4.78, 5) is 25.0.